The van der Waals surface area contributed by atoms with Crippen LogP contribution in [0, 0.1) is 0 Å². The van der Waals surface area contributed by atoms with Gasteiger partial charge in [-0.3, -0.25) is 0 Å². The summed E-state index contributed by atoms with van der Waals surface area (Å²) in [5.41, 5.74) is 1.40. The van der Waals surface area contributed by atoms with Crippen molar-refractivity contribution in [3.8, 4) is 0 Å². The van der Waals surface area contributed by atoms with Crippen molar-refractivity contribution in [1.82, 2.24) is 0 Å². The van der Waals surface area contributed by atoms with Crippen molar-refractivity contribution in [3.63, 3.8) is 0 Å². The first-order valence-electron chi connectivity index (χ1n) is 10.1. The Hall–Kier alpha value is -2.29. The van der Waals surface area contributed by atoms with Gasteiger partial charge >= 0.3 is 193 Å². The van der Waals surface area contributed by atoms with E-state index in [1.807, 2.05) is 0 Å². The Balaban J connectivity index is 0.000000383. The molecule has 0 saturated carbocycles. The van der Waals surface area contributed by atoms with Crippen molar-refractivity contribution in [2.75, 3.05) is 0 Å². The second-order valence-electron chi connectivity index (χ2n) is 7.62. The van der Waals surface area contributed by atoms with Crippen LogP contribution in [-0.2, 0) is 6.16 Å². The maximum absolute atomic E-state index is 11.2. The van der Waals surface area contributed by atoms with Gasteiger partial charge in [0, 0.05) is 0 Å². The van der Waals surface area contributed by atoms with E-state index in [2.05, 4.69) is 121 Å². The van der Waals surface area contributed by atoms with E-state index >= 15 is 0 Å². The number of rotatable bonds is 5. The molecule has 4 aromatic carbocycles. The van der Waals surface area contributed by atoms with Gasteiger partial charge in [0.15, 0.2) is 0 Å². The number of benzene rings is 4. The molecule has 0 nitrogen and oxygen atoms in total. The van der Waals surface area contributed by atoms with Gasteiger partial charge < -0.3 is 0 Å². The second kappa shape index (κ2) is 9.16. The van der Waals surface area contributed by atoms with Crippen LogP contribution in [0.1, 0.15) is 5.56 Å². The van der Waals surface area contributed by atoms with Crippen molar-refractivity contribution in [3.05, 3.63) is 127 Å². The topological polar surface area (TPSA) is 0 Å². The van der Waals surface area contributed by atoms with Crippen molar-refractivity contribution >= 4 is 42.7 Å². The summed E-state index contributed by atoms with van der Waals surface area (Å²) in [6.07, 6.45) is 1.06. The van der Waals surface area contributed by atoms with Gasteiger partial charge in [-0.15, -0.1) is 0 Å². The van der Waals surface area contributed by atoms with Crippen LogP contribution in [0.2, 0.25) is 0 Å². The van der Waals surface area contributed by atoms with E-state index in [9.17, 15) is 16.9 Å². The van der Waals surface area contributed by atoms with Gasteiger partial charge in [-0.1, -0.05) is 0 Å². The number of hydrogen-bond acceptors (Lipinski definition) is 0. The summed E-state index contributed by atoms with van der Waals surface area (Å²) in [6, 6.07) is 44.2. The normalized spacial score (nSPS) is 14.2. The molecule has 4 aromatic rings. The van der Waals surface area contributed by atoms with Gasteiger partial charge in [0.05, 0.1) is 0 Å². The quantitative estimate of drug-likeness (QED) is 0.133. The van der Waals surface area contributed by atoms with E-state index in [1.54, 1.807) is 0 Å². The molecule has 0 aromatic heterocycles. The molecular formula is C25H23F6PSb-. The minimum atomic E-state index is -11.2. The van der Waals surface area contributed by atoms with E-state index in [1.165, 1.54) is 21.5 Å². The summed E-state index contributed by atoms with van der Waals surface area (Å²) >= 11 is -11.2. The van der Waals surface area contributed by atoms with Gasteiger partial charge in [-0.2, -0.15) is 0 Å². The summed E-state index contributed by atoms with van der Waals surface area (Å²) in [5.74, 6) is 0. The summed E-state index contributed by atoms with van der Waals surface area (Å²) in [7, 11) is -2.16. The number of hydrogen-bond donors (Lipinski definition) is 0. The van der Waals surface area contributed by atoms with Crippen LogP contribution >= 0.6 is 7.26 Å². The first-order valence-corrected chi connectivity index (χ1v) is 18.1. The Bertz CT molecular complexity index is 1040. The van der Waals surface area contributed by atoms with Crippen molar-refractivity contribution in [2.24, 2.45) is 0 Å². The van der Waals surface area contributed by atoms with E-state index in [-0.39, 0.29) is 0 Å². The average molecular weight is 590 g/mol. The standard InChI is InChI=1S/C25H23P.6FH.Sb/c1-5-13-22(14-6-1)21-26(23-15-7-2-8-16-23,24-17-9-3-10-18-24)25-19-11-4-12-20-25;;;;;;;/h1-20,26H,21H2;6*1H;/q;;;;;;;+5/p-6. The van der Waals surface area contributed by atoms with Gasteiger partial charge in [-0.25, -0.2) is 0 Å². The van der Waals surface area contributed by atoms with Crippen molar-refractivity contribution in [1.29, 1.82) is 0 Å². The van der Waals surface area contributed by atoms with E-state index in [0.717, 1.165) is 6.16 Å². The van der Waals surface area contributed by atoms with E-state index < -0.39 is 26.7 Å². The molecule has 0 heterocycles. The maximum atomic E-state index is 9.93. The number of halogens is 6. The average Bonchev–Trinajstić information content (AvgIpc) is 2.78. The third-order valence-corrected chi connectivity index (χ3v) is 10.0. The molecule has 0 atom stereocenters. The van der Waals surface area contributed by atoms with Crippen LogP contribution in [0.4, 0.5) is 16.9 Å². The molecule has 176 valence electrons. The molecule has 0 aliphatic carbocycles. The first-order chi connectivity index (χ1) is 15.3. The third kappa shape index (κ3) is 8.21. The third-order valence-electron chi connectivity index (χ3n) is 5.11. The van der Waals surface area contributed by atoms with E-state index in [4.69, 9.17) is 0 Å². The molecule has 8 heteroatoms. The molecule has 0 saturated heterocycles. The van der Waals surface area contributed by atoms with Crippen LogP contribution < -0.4 is 15.9 Å². The van der Waals surface area contributed by atoms with Crippen LogP contribution in [0.5, 0.6) is 0 Å². The minimum absolute atomic E-state index is 1.06. The Morgan fingerprint density at radius 2 is 0.667 bits per heavy atom. The predicted molar refractivity (Wildman–Crippen MR) is 129 cm³/mol. The van der Waals surface area contributed by atoms with Crippen LogP contribution in [0.3, 0.4) is 0 Å². The fourth-order valence-electron chi connectivity index (χ4n) is 3.88. The van der Waals surface area contributed by atoms with E-state index in [0.29, 0.717) is 0 Å². The summed E-state index contributed by atoms with van der Waals surface area (Å²) in [4.78, 5) is 0. The molecule has 4 rings (SSSR count). The molecule has 0 aliphatic heterocycles. The molecule has 0 fully saturated rings. The monoisotopic (exact) mass is 589 g/mol. The Kier molecular flexibility index (Phi) is 7.03. The fraction of sp³-hybridized carbons (Fsp3) is 0.0400. The zero-order chi connectivity index (χ0) is 24.1. The summed E-state index contributed by atoms with van der Waals surface area (Å²) < 4.78 is 59.6. The van der Waals surface area contributed by atoms with Crippen molar-refractivity contribution < 1.29 is 16.9 Å². The SMILES string of the molecule is [F][Sb-]([F])([F])([F])([F])[F].c1ccc(C[PH](c2ccccc2)(c2ccccc2)c2ccccc2)cc1. The molecule has 0 spiro atoms. The van der Waals surface area contributed by atoms with Gasteiger partial charge in [-0.05, 0) is 0 Å². The summed E-state index contributed by atoms with van der Waals surface area (Å²) in [6.45, 7) is 0. The molecule has 0 amide bonds. The molecule has 33 heavy (non-hydrogen) atoms. The molecular weight excluding hydrogens is 567 g/mol. The summed E-state index contributed by atoms with van der Waals surface area (Å²) in [5, 5.41) is 4.38. The van der Waals surface area contributed by atoms with Crippen molar-refractivity contribution in [2.45, 2.75) is 6.16 Å². The van der Waals surface area contributed by atoms with Gasteiger partial charge in [0.2, 0.25) is 0 Å². The second-order valence-corrected chi connectivity index (χ2v) is 17.0. The molecule has 0 bridgehead atoms. The molecule has 0 radical (unpaired) electrons. The fourth-order valence-corrected chi connectivity index (χ4v) is 8.62. The van der Waals surface area contributed by atoms with Gasteiger partial charge in [0.1, 0.15) is 0 Å². The van der Waals surface area contributed by atoms with Crippen LogP contribution in [-0.4, -0.2) is 19.5 Å². The molecule has 0 aliphatic rings. The van der Waals surface area contributed by atoms with Crippen LogP contribution in [0.15, 0.2) is 121 Å². The molecule has 0 N–H and O–H groups in total. The first kappa shape index (κ1) is 25.3. The zero-order valence-electron chi connectivity index (χ0n) is 17.5. The Labute approximate surface area is 192 Å². The Morgan fingerprint density at radius 1 is 0.424 bits per heavy atom. The molecule has 0 unspecified atom stereocenters. The van der Waals surface area contributed by atoms with Gasteiger partial charge in [0.25, 0.3) is 0 Å². The predicted octanol–water partition coefficient (Wildman–Crippen LogP) is 7.05. The zero-order valence-corrected chi connectivity index (χ0v) is 21.0. The van der Waals surface area contributed by atoms with Crippen LogP contribution in [0.25, 0.3) is 0 Å². The Morgan fingerprint density at radius 3 is 0.939 bits per heavy atom.